The fourth-order valence-electron chi connectivity index (χ4n) is 3.18. The van der Waals surface area contributed by atoms with Gasteiger partial charge in [0.25, 0.3) is 5.91 Å². The van der Waals surface area contributed by atoms with E-state index >= 15 is 0 Å². The summed E-state index contributed by atoms with van der Waals surface area (Å²) in [6, 6.07) is 16.5. The minimum Gasteiger partial charge on any atom is -0.452 e. The average Bonchev–Trinajstić information content (AvgIpc) is 3.00. The number of anilines is 2. The van der Waals surface area contributed by atoms with Gasteiger partial charge in [-0.25, -0.2) is 4.79 Å². The van der Waals surface area contributed by atoms with Crippen LogP contribution in [0.1, 0.15) is 34.2 Å². The normalized spacial score (nSPS) is 10.4. The van der Waals surface area contributed by atoms with Gasteiger partial charge < -0.3 is 15.4 Å². The summed E-state index contributed by atoms with van der Waals surface area (Å²) in [7, 11) is 0. The topological polar surface area (TPSA) is 102 Å². The Hall–Kier alpha value is -3.94. The fraction of sp³-hybridized carbons (Fsp3) is 0.217. The summed E-state index contributed by atoms with van der Waals surface area (Å²) in [5.74, 6) is -1.30. The van der Waals surface area contributed by atoms with Crippen LogP contribution in [0.4, 0.5) is 11.4 Å². The highest BCUT2D eigenvalue weighted by Gasteiger charge is 2.21. The van der Waals surface area contributed by atoms with Crippen LogP contribution in [0.2, 0.25) is 0 Å². The zero-order valence-electron chi connectivity index (χ0n) is 17.6. The number of hydrogen-bond acceptors (Lipinski definition) is 5. The summed E-state index contributed by atoms with van der Waals surface area (Å²) in [4.78, 5) is 35.9. The van der Waals surface area contributed by atoms with Crippen molar-refractivity contribution in [3.05, 3.63) is 77.1 Å². The molecule has 3 aromatic rings. The molecule has 2 N–H and O–H groups in total. The van der Waals surface area contributed by atoms with Gasteiger partial charge in [-0.1, -0.05) is 36.4 Å². The number of aromatic nitrogens is 2. The van der Waals surface area contributed by atoms with Gasteiger partial charge in [-0.15, -0.1) is 0 Å². The van der Waals surface area contributed by atoms with Crippen molar-refractivity contribution in [3.8, 4) is 0 Å². The highest BCUT2D eigenvalue weighted by molar-refractivity contribution is 5.97. The third-order valence-electron chi connectivity index (χ3n) is 4.56. The fourth-order valence-corrected chi connectivity index (χ4v) is 3.18. The molecule has 0 aliphatic heterocycles. The third-order valence-corrected chi connectivity index (χ3v) is 4.56. The minimum absolute atomic E-state index is 0.212. The van der Waals surface area contributed by atoms with Gasteiger partial charge >= 0.3 is 5.97 Å². The third kappa shape index (κ3) is 5.79. The number of rotatable bonds is 7. The van der Waals surface area contributed by atoms with Crippen molar-refractivity contribution >= 4 is 29.2 Å². The van der Waals surface area contributed by atoms with E-state index in [4.69, 9.17) is 4.74 Å². The predicted octanol–water partition coefficient (Wildman–Crippen LogP) is 3.30. The second kappa shape index (κ2) is 9.71. The molecule has 0 saturated heterocycles. The van der Waals surface area contributed by atoms with E-state index < -0.39 is 18.5 Å². The molecule has 0 fully saturated rings. The number of carbonyl (C=O) groups excluding carboxylic acids is 3. The van der Waals surface area contributed by atoms with Crippen molar-refractivity contribution < 1.29 is 19.1 Å². The number of esters is 1. The average molecular weight is 420 g/mol. The Morgan fingerprint density at radius 3 is 2.32 bits per heavy atom. The minimum atomic E-state index is -0.601. The molecule has 8 heteroatoms. The summed E-state index contributed by atoms with van der Waals surface area (Å²) in [5.41, 5.74) is 3.68. The highest BCUT2D eigenvalue weighted by Crippen LogP contribution is 2.17. The first kappa shape index (κ1) is 21.8. The molecule has 0 bridgehead atoms. The zero-order valence-corrected chi connectivity index (χ0v) is 17.6. The van der Waals surface area contributed by atoms with Gasteiger partial charge in [0.2, 0.25) is 5.91 Å². The Kier molecular flexibility index (Phi) is 6.81. The van der Waals surface area contributed by atoms with Crippen molar-refractivity contribution in [2.45, 2.75) is 27.3 Å². The van der Waals surface area contributed by atoms with Crippen LogP contribution in [0.5, 0.6) is 0 Å². The number of nitrogens with zero attached hydrogens (tertiary/aromatic N) is 2. The van der Waals surface area contributed by atoms with Gasteiger partial charge in [-0.2, -0.15) is 5.10 Å². The summed E-state index contributed by atoms with van der Waals surface area (Å²) in [6.07, 6.45) is 0. The molecule has 0 spiro atoms. The molecule has 2 amide bonds. The van der Waals surface area contributed by atoms with Gasteiger partial charge in [0.15, 0.2) is 6.61 Å². The maximum absolute atomic E-state index is 12.6. The largest absolute Gasteiger partial charge is 0.452 e. The van der Waals surface area contributed by atoms with Crippen LogP contribution in [-0.4, -0.2) is 34.2 Å². The molecule has 0 aliphatic rings. The van der Waals surface area contributed by atoms with E-state index in [1.807, 2.05) is 30.3 Å². The number of benzene rings is 2. The molecule has 1 heterocycles. The molecular weight excluding hydrogens is 396 g/mol. The Labute approximate surface area is 180 Å². The lowest BCUT2D eigenvalue weighted by Gasteiger charge is -2.09. The van der Waals surface area contributed by atoms with Gasteiger partial charge in [-0.3, -0.25) is 14.3 Å². The SMILES string of the molecule is CC(=O)Nc1cccc(NC(=O)COC(=O)c2c(C)nn(Cc3ccccc3)c2C)c1. The van der Waals surface area contributed by atoms with Crippen LogP contribution < -0.4 is 10.6 Å². The molecule has 0 atom stereocenters. The molecular formula is C23H24N4O4. The van der Waals surface area contributed by atoms with Gasteiger partial charge in [0.05, 0.1) is 17.9 Å². The number of nitrogens with one attached hydrogen (secondary N) is 2. The lowest BCUT2D eigenvalue weighted by Crippen LogP contribution is -2.21. The molecule has 1 aromatic heterocycles. The molecule has 0 saturated carbocycles. The first-order valence-corrected chi connectivity index (χ1v) is 9.76. The van der Waals surface area contributed by atoms with Crippen LogP contribution in [0.15, 0.2) is 54.6 Å². The molecule has 0 aliphatic carbocycles. The van der Waals surface area contributed by atoms with Crippen molar-refractivity contribution in [1.29, 1.82) is 0 Å². The maximum Gasteiger partial charge on any atom is 0.342 e. The van der Waals surface area contributed by atoms with E-state index in [2.05, 4.69) is 15.7 Å². The molecule has 8 nitrogen and oxygen atoms in total. The van der Waals surface area contributed by atoms with E-state index in [9.17, 15) is 14.4 Å². The summed E-state index contributed by atoms with van der Waals surface area (Å²) in [5, 5.41) is 9.71. The van der Waals surface area contributed by atoms with Crippen LogP contribution in [0, 0.1) is 13.8 Å². The predicted molar refractivity (Wildman–Crippen MR) is 117 cm³/mol. The summed E-state index contributed by atoms with van der Waals surface area (Å²) >= 11 is 0. The quantitative estimate of drug-likeness (QED) is 0.571. The Balaban J connectivity index is 1.60. The number of carbonyl (C=O) groups is 3. The maximum atomic E-state index is 12.6. The van der Waals surface area contributed by atoms with Crippen molar-refractivity contribution in [2.24, 2.45) is 0 Å². The van der Waals surface area contributed by atoms with E-state index in [0.717, 1.165) is 5.56 Å². The van der Waals surface area contributed by atoms with Crippen molar-refractivity contribution in [3.63, 3.8) is 0 Å². The Bertz CT molecular complexity index is 1110. The van der Waals surface area contributed by atoms with Gasteiger partial charge in [0, 0.05) is 18.3 Å². The Morgan fingerprint density at radius 1 is 0.968 bits per heavy atom. The highest BCUT2D eigenvalue weighted by atomic mass is 16.5. The molecule has 2 aromatic carbocycles. The first-order chi connectivity index (χ1) is 14.8. The van der Waals surface area contributed by atoms with Crippen LogP contribution >= 0.6 is 0 Å². The van der Waals surface area contributed by atoms with E-state index in [0.29, 0.717) is 34.9 Å². The lowest BCUT2D eigenvalue weighted by molar-refractivity contribution is -0.119. The summed E-state index contributed by atoms with van der Waals surface area (Å²) < 4.78 is 6.95. The van der Waals surface area contributed by atoms with E-state index in [-0.39, 0.29) is 5.91 Å². The molecule has 31 heavy (non-hydrogen) atoms. The van der Waals surface area contributed by atoms with Crippen molar-refractivity contribution in [2.75, 3.05) is 17.2 Å². The number of amides is 2. The van der Waals surface area contributed by atoms with Crippen LogP contribution in [0.25, 0.3) is 0 Å². The molecule has 160 valence electrons. The van der Waals surface area contributed by atoms with Crippen LogP contribution in [-0.2, 0) is 20.9 Å². The zero-order chi connectivity index (χ0) is 22.4. The molecule has 0 unspecified atom stereocenters. The number of hydrogen-bond donors (Lipinski definition) is 2. The van der Waals surface area contributed by atoms with Gasteiger partial charge in [-0.05, 0) is 37.6 Å². The smallest absolute Gasteiger partial charge is 0.342 e. The monoisotopic (exact) mass is 420 g/mol. The summed E-state index contributed by atoms with van der Waals surface area (Å²) in [6.45, 7) is 5.03. The molecule has 3 rings (SSSR count). The Morgan fingerprint density at radius 2 is 1.65 bits per heavy atom. The first-order valence-electron chi connectivity index (χ1n) is 9.76. The second-order valence-corrected chi connectivity index (χ2v) is 7.08. The molecule has 0 radical (unpaired) electrons. The lowest BCUT2D eigenvalue weighted by atomic mass is 10.2. The number of ether oxygens (including phenoxy) is 1. The number of aryl methyl sites for hydroxylation is 1. The van der Waals surface area contributed by atoms with Crippen molar-refractivity contribution in [1.82, 2.24) is 9.78 Å². The van der Waals surface area contributed by atoms with E-state index in [1.54, 1.807) is 42.8 Å². The standard InChI is InChI=1S/C23H24N4O4/c1-15-22(16(2)27(26-15)13-18-8-5-4-6-9-18)23(30)31-14-21(29)25-20-11-7-10-19(12-20)24-17(3)28/h4-12H,13-14H2,1-3H3,(H,24,28)(H,25,29). The second-order valence-electron chi connectivity index (χ2n) is 7.08. The van der Waals surface area contributed by atoms with Gasteiger partial charge in [0.1, 0.15) is 5.56 Å². The van der Waals surface area contributed by atoms with E-state index in [1.165, 1.54) is 6.92 Å². The van der Waals surface area contributed by atoms with Crippen LogP contribution in [0.3, 0.4) is 0 Å².